The predicted octanol–water partition coefficient (Wildman–Crippen LogP) is 4.39. The molecule has 0 radical (unpaired) electrons. The van der Waals surface area contributed by atoms with Crippen molar-refractivity contribution in [3.8, 4) is 11.6 Å². The van der Waals surface area contributed by atoms with E-state index in [0.717, 1.165) is 10.0 Å². The predicted molar refractivity (Wildman–Crippen MR) is 95.2 cm³/mol. The second-order valence-corrected chi connectivity index (χ2v) is 5.90. The smallest absolute Gasteiger partial charge is 0.373 e. The number of nitro groups is 1. The zero-order valence-electron chi connectivity index (χ0n) is 13.0. The lowest BCUT2D eigenvalue weighted by molar-refractivity contribution is -0.385. The van der Waals surface area contributed by atoms with Gasteiger partial charge in [0.2, 0.25) is 5.82 Å². The van der Waals surface area contributed by atoms with Gasteiger partial charge in [-0.25, -0.2) is 9.97 Å². The van der Waals surface area contributed by atoms with E-state index in [2.05, 4.69) is 36.2 Å². The van der Waals surface area contributed by atoms with Crippen molar-refractivity contribution < 1.29 is 9.66 Å². The number of nitrogens with zero attached hydrogens (tertiary/aromatic N) is 4. The molecule has 0 unspecified atom stereocenters. The summed E-state index contributed by atoms with van der Waals surface area (Å²) in [7, 11) is 0. The Morgan fingerprint density at radius 2 is 1.88 bits per heavy atom. The summed E-state index contributed by atoms with van der Waals surface area (Å²) in [6.45, 7) is 1.83. The zero-order chi connectivity index (χ0) is 17.8. The molecule has 3 aromatic rings. The van der Waals surface area contributed by atoms with Crippen LogP contribution in [0.1, 0.15) is 5.56 Å². The molecule has 0 aliphatic heterocycles. The van der Waals surface area contributed by atoms with Gasteiger partial charge in [0.15, 0.2) is 0 Å². The number of anilines is 2. The third-order valence-corrected chi connectivity index (χ3v) is 3.77. The van der Waals surface area contributed by atoms with Crippen molar-refractivity contribution in [1.82, 2.24) is 15.0 Å². The van der Waals surface area contributed by atoms with Crippen LogP contribution < -0.4 is 10.1 Å². The van der Waals surface area contributed by atoms with Gasteiger partial charge in [0.1, 0.15) is 17.9 Å². The highest BCUT2D eigenvalue weighted by Crippen LogP contribution is 2.35. The lowest BCUT2D eigenvalue weighted by Crippen LogP contribution is -2.05. The molecule has 0 aliphatic carbocycles. The van der Waals surface area contributed by atoms with Crippen LogP contribution in [0.3, 0.4) is 0 Å². The molecule has 0 aliphatic rings. The highest BCUT2D eigenvalue weighted by Gasteiger charge is 2.25. The van der Waals surface area contributed by atoms with E-state index in [4.69, 9.17) is 4.74 Å². The van der Waals surface area contributed by atoms with Gasteiger partial charge in [-0.05, 0) is 42.8 Å². The number of hydrogen-bond acceptors (Lipinski definition) is 7. The van der Waals surface area contributed by atoms with Gasteiger partial charge in [-0.15, -0.1) is 0 Å². The summed E-state index contributed by atoms with van der Waals surface area (Å²) in [4.78, 5) is 23.0. The molecule has 3 rings (SSSR count). The van der Waals surface area contributed by atoms with Crippen molar-refractivity contribution in [2.45, 2.75) is 6.92 Å². The lowest BCUT2D eigenvalue weighted by Gasteiger charge is -2.10. The second-order valence-electron chi connectivity index (χ2n) is 4.98. The molecule has 2 heterocycles. The van der Waals surface area contributed by atoms with Crippen molar-refractivity contribution in [3.05, 3.63) is 69.1 Å². The van der Waals surface area contributed by atoms with Crippen molar-refractivity contribution >= 4 is 33.3 Å². The summed E-state index contributed by atoms with van der Waals surface area (Å²) in [5, 5.41) is 14.4. The molecule has 0 fully saturated rings. The molecule has 0 amide bonds. The van der Waals surface area contributed by atoms with Gasteiger partial charge < -0.3 is 10.1 Å². The Labute approximate surface area is 151 Å². The summed E-state index contributed by atoms with van der Waals surface area (Å²) in [6.07, 6.45) is 2.78. The lowest BCUT2D eigenvalue weighted by atomic mass is 10.3. The number of ether oxygens (including phenoxy) is 1. The molecule has 8 nitrogen and oxygen atoms in total. The Morgan fingerprint density at radius 1 is 1.12 bits per heavy atom. The first-order chi connectivity index (χ1) is 12.0. The van der Waals surface area contributed by atoms with E-state index in [1.54, 1.807) is 36.5 Å². The molecular formula is C16H12BrN5O3. The summed E-state index contributed by atoms with van der Waals surface area (Å²) in [5.74, 6) is 0.746. The van der Waals surface area contributed by atoms with E-state index in [9.17, 15) is 10.1 Å². The Morgan fingerprint density at radius 3 is 2.56 bits per heavy atom. The third kappa shape index (κ3) is 3.89. The average Bonchev–Trinajstić information content (AvgIpc) is 2.59. The number of aromatic nitrogens is 3. The molecule has 0 bridgehead atoms. The van der Waals surface area contributed by atoms with Crippen molar-refractivity contribution in [1.29, 1.82) is 0 Å². The SMILES string of the molecule is Cc1cccnc1Nc1ncnc(Oc2ccc(Br)cc2)c1[N+](=O)[O-]. The monoisotopic (exact) mass is 401 g/mol. The molecule has 25 heavy (non-hydrogen) atoms. The van der Waals surface area contributed by atoms with Gasteiger partial charge >= 0.3 is 11.6 Å². The number of hydrogen-bond donors (Lipinski definition) is 1. The summed E-state index contributed by atoms with van der Waals surface area (Å²) in [6, 6.07) is 10.5. The third-order valence-electron chi connectivity index (χ3n) is 3.25. The zero-order valence-corrected chi connectivity index (χ0v) is 14.6. The normalized spacial score (nSPS) is 10.3. The maximum Gasteiger partial charge on any atom is 0.373 e. The molecule has 9 heteroatoms. The Kier molecular flexibility index (Phi) is 4.85. The first-order valence-corrected chi connectivity index (χ1v) is 7.95. The van der Waals surface area contributed by atoms with Crippen LogP contribution in [0, 0.1) is 17.0 Å². The number of rotatable bonds is 5. The molecule has 2 aromatic heterocycles. The van der Waals surface area contributed by atoms with Crippen LogP contribution in [0.4, 0.5) is 17.3 Å². The van der Waals surface area contributed by atoms with Crippen molar-refractivity contribution in [3.63, 3.8) is 0 Å². The van der Waals surface area contributed by atoms with Crippen molar-refractivity contribution in [2.75, 3.05) is 5.32 Å². The van der Waals surface area contributed by atoms with Crippen LogP contribution in [0.25, 0.3) is 0 Å². The van der Waals surface area contributed by atoms with Gasteiger partial charge in [-0.3, -0.25) is 10.1 Å². The Bertz CT molecular complexity index is 918. The van der Waals surface area contributed by atoms with E-state index in [1.807, 2.05) is 13.0 Å². The minimum atomic E-state index is -0.588. The minimum absolute atomic E-state index is 0.00825. The fraction of sp³-hybridized carbons (Fsp3) is 0.0625. The molecule has 0 saturated heterocycles. The van der Waals surface area contributed by atoms with Gasteiger partial charge in [0.05, 0.1) is 4.92 Å². The fourth-order valence-corrected chi connectivity index (χ4v) is 2.30. The molecule has 126 valence electrons. The van der Waals surface area contributed by atoms with Crippen LogP contribution in [0.5, 0.6) is 11.6 Å². The Hall–Kier alpha value is -3.07. The topological polar surface area (TPSA) is 103 Å². The molecule has 1 N–H and O–H groups in total. The molecule has 0 saturated carbocycles. The average molecular weight is 402 g/mol. The molecular weight excluding hydrogens is 390 g/mol. The summed E-state index contributed by atoms with van der Waals surface area (Å²) in [5.41, 5.74) is 0.459. The number of halogens is 1. The number of pyridine rings is 1. The van der Waals surface area contributed by atoms with Gasteiger partial charge in [0.25, 0.3) is 0 Å². The van der Waals surface area contributed by atoms with Crippen LogP contribution in [0.2, 0.25) is 0 Å². The molecule has 0 atom stereocenters. The Balaban J connectivity index is 1.98. The highest BCUT2D eigenvalue weighted by molar-refractivity contribution is 9.10. The largest absolute Gasteiger partial charge is 0.434 e. The molecule has 0 spiro atoms. The number of benzene rings is 1. The quantitative estimate of drug-likeness (QED) is 0.499. The van der Waals surface area contributed by atoms with Crippen molar-refractivity contribution in [2.24, 2.45) is 0 Å². The van der Waals surface area contributed by atoms with E-state index in [-0.39, 0.29) is 17.4 Å². The number of aryl methyl sites for hydroxylation is 1. The van der Waals surface area contributed by atoms with Gasteiger partial charge in [-0.1, -0.05) is 22.0 Å². The molecule has 1 aromatic carbocycles. The van der Waals surface area contributed by atoms with Gasteiger partial charge in [0, 0.05) is 10.7 Å². The van der Waals surface area contributed by atoms with Crippen LogP contribution in [-0.2, 0) is 0 Å². The van der Waals surface area contributed by atoms with E-state index >= 15 is 0 Å². The standard InChI is InChI=1S/C16H12BrN5O3/c1-10-3-2-8-18-14(10)21-15-13(22(23)24)16(20-9-19-15)25-12-6-4-11(17)5-7-12/h2-9H,1H3,(H,18,19,20,21). The van der Waals surface area contributed by atoms with Crippen LogP contribution in [0.15, 0.2) is 53.4 Å². The summed E-state index contributed by atoms with van der Waals surface area (Å²) >= 11 is 3.32. The van der Waals surface area contributed by atoms with E-state index in [1.165, 1.54) is 6.33 Å². The fourth-order valence-electron chi connectivity index (χ4n) is 2.04. The van der Waals surface area contributed by atoms with Crippen LogP contribution in [-0.4, -0.2) is 19.9 Å². The minimum Gasteiger partial charge on any atom is -0.434 e. The first-order valence-electron chi connectivity index (χ1n) is 7.16. The summed E-state index contributed by atoms with van der Waals surface area (Å²) < 4.78 is 6.43. The van der Waals surface area contributed by atoms with Crippen LogP contribution >= 0.6 is 15.9 Å². The maximum atomic E-state index is 11.5. The first kappa shape index (κ1) is 16.8. The number of nitrogens with one attached hydrogen (secondary N) is 1. The maximum absolute atomic E-state index is 11.5. The van der Waals surface area contributed by atoms with Gasteiger partial charge in [-0.2, -0.15) is 4.98 Å². The van der Waals surface area contributed by atoms with E-state index < -0.39 is 4.92 Å². The van der Waals surface area contributed by atoms with E-state index in [0.29, 0.717) is 11.6 Å². The highest BCUT2D eigenvalue weighted by atomic mass is 79.9. The second kappa shape index (κ2) is 7.22.